The van der Waals surface area contributed by atoms with Crippen LogP contribution in [-0.4, -0.2) is 91.5 Å². The van der Waals surface area contributed by atoms with Gasteiger partial charge in [0.2, 0.25) is 0 Å². The summed E-state index contributed by atoms with van der Waals surface area (Å²) in [5.74, 6) is -0.586. The molecule has 2 N–H and O–H groups in total. The van der Waals surface area contributed by atoms with Crippen molar-refractivity contribution < 1.29 is 35.3 Å². The number of hydroxylamine groups is 2. The summed E-state index contributed by atoms with van der Waals surface area (Å²) in [6.07, 6.45) is 0.615. The van der Waals surface area contributed by atoms with Gasteiger partial charge in [0.25, 0.3) is 5.91 Å². The molecule has 12 nitrogen and oxygen atoms in total. The third-order valence-electron chi connectivity index (χ3n) is 4.41. The highest BCUT2D eigenvalue weighted by Gasteiger charge is 2.49. The van der Waals surface area contributed by atoms with Crippen molar-refractivity contribution >= 4 is 32.2 Å². The molecule has 2 bridgehead atoms. The van der Waals surface area contributed by atoms with E-state index >= 15 is 0 Å². The Morgan fingerprint density at radius 3 is 2.48 bits per heavy atom. The lowest BCUT2D eigenvalue weighted by Gasteiger charge is -2.33. The summed E-state index contributed by atoms with van der Waals surface area (Å²) < 4.78 is 57.5. The fraction of sp³-hybridized carbons (Fsp3) is 0.818. The Kier molecular flexibility index (Phi) is 4.65. The first-order chi connectivity index (χ1) is 11.6. The molecule has 3 aliphatic rings. The van der Waals surface area contributed by atoms with Crippen molar-refractivity contribution in [3.05, 3.63) is 0 Å². The maximum absolute atomic E-state index is 12.4. The third kappa shape index (κ3) is 4.03. The number of sulfone groups is 1. The van der Waals surface area contributed by atoms with Gasteiger partial charge in [-0.15, -0.1) is 4.28 Å². The highest BCUT2D eigenvalue weighted by Crippen LogP contribution is 2.30. The molecule has 0 radical (unpaired) electrons. The van der Waals surface area contributed by atoms with E-state index in [4.69, 9.17) is 4.55 Å². The summed E-state index contributed by atoms with van der Waals surface area (Å²) in [4.78, 5) is 25.8. The Morgan fingerprint density at radius 2 is 1.88 bits per heavy atom. The van der Waals surface area contributed by atoms with Crippen LogP contribution in [0, 0.1) is 0 Å². The summed E-state index contributed by atoms with van der Waals surface area (Å²) in [5, 5.41) is 2.05. The van der Waals surface area contributed by atoms with Crippen LogP contribution < -0.4 is 5.43 Å². The lowest BCUT2D eigenvalue weighted by molar-refractivity contribution is -0.131. The zero-order chi connectivity index (χ0) is 18.4. The summed E-state index contributed by atoms with van der Waals surface area (Å²) in [6.45, 7) is 0.422. The summed E-state index contributed by atoms with van der Waals surface area (Å²) in [7, 11) is -7.92. The zero-order valence-corrected chi connectivity index (χ0v) is 14.7. The second kappa shape index (κ2) is 6.35. The normalized spacial score (nSPS) is 29.7. The largest absolute Gasteiger partial charge is 0.418 e. The van der Waals surface area contributed by atoms with Gasteiger partial charge in [0.05, 0.1) is 17.5 Å². The van der Waals surface area contributed by atoms with Crippen LogP contribution in [0.1, 0.15) is 12.8 Å². The predicted octanol–water partition coefficient (Wildman–Crippen LogP) is -2.25. The fourth-order valence-corrected chi connectivity index (χ4v) is 4.75. The Morgan fingerprint density at radius 1 is 1.24 bits per heavy atom. The summed E-state index contributed by atoms with van der Waals surface area (Å²) >= 11 is 0. The fourth-order valence-electron chi connectivity index (χ4n) is 3.16. The molecule has 142 valence electrons. The number of hydrogen-bond acceptors (Lipinski definition) is 8. The van der Waals surface area contributed by atoms with Crippen molar-refractivity contribution in [1.29, 1.82) is 0 Å². The molecule has 0 spiro atoms. The first-order valence-electron chi connectivity index (χ1n) is 7.58. The van der Waals surface area contributed by atoms with Crippen molar-refractivity contribution in [2.24, 2.45) is 0 Å². The topological polar surface area (TPSA) is 154 Å². The number of nitrogens with one attached hydrogen (secondary N) is 1. The van der Waals surface area contributed by atoms with Gasteiger partial charge >= 0.3 is 16.4 Å². The molecule has 2 unspecified atom stereocenters. The Labute approximate surface area is 144 Å². The molecule has 0 aromatic rings. The van der Waals surface area contributed by atoms with Crippen molar-refractivity contribution in [3.8, 4) is 0 Å². The number of amides is 3. The molecule has 0 aromatic heterocycles. The number of carbonyl (C=O) groups excluding carboxylic acids is 2. The number of nitrogens with zero attached hydrogens (tertiary/aromatic N) is 3. The van der Waals surface area contributed by atoms with E-state index in [1.807, 2.05) is 0 Å². The van der Waals surface area contributed by atoms with E-state index in [9.17, 15) is 26.4 Å². The van der Waals surface area contributed by atoms with Gasteiger partial charge in [-0.25, -0.2) is 18.2 Å². The van der Waals surface area contributed by atoms with E-state index in [1.165, 1.54) is 9.91 Å². The van der Waals surface area contributed by atoms with Crippen LogP contribution >= 0.6 is 0 Å². The van der Waals surface area contributed by atoms with E-state index in [2.05, 4.69) is 9.71 Å². The van der Waals surface area contributed by atoms with Gasteiger partial charge in [-0.05, 0) is 12.8 Å². The maximum atomic E-state index is 12.4. The van der Waals surface area contributed by atoms with Gasteiger partial charge in [-0.3, -0.25) is 14.8 Å². The molecule has 3 amide bonds. The minimum atomic E-state index is -4.84. The Bertz CT molecular complexity index is 768. The molecule has 3 fully saturated rings. The highest BCUT2D eigenvalue weighted by atomic mass is 32.3. The molecule has 3 aliphatic heterocycles. The van der Waals surface area contributed by atoms with Gasteiger partial charge < -0.3 is 4.90 Å². The molecular formula is C11H18N4O8S2. The van der Waals surface area contributed by atoms with E-state index in [-0.39, 0.29) is 31.1 Å². The average molecular weight is 398 g/mol. The van der Waals surface area contributed by atoms with Crippen LogP contribution in [0.5, 0.6) is 0 Å². The van der Waals surface area contributed by atoms with E-state index in [0.29, 0.717) is 17.9 Å². The molecule has 3 rings (SSSR count). The number of piperidine rings is 1. The Balaban J connectivity index is 1.63. The molecule has 25 heavy (non-hydrogen) atoms. The van der Waals surface area contributed by atoms with E-state index < -0.39 is 44.3 Å². The lowest BCUT2D eigenvalue weighted by Crippen LogP contribution is -2.57. The molecule has 2 atom stereocenters. The summed E-state index contributed by atoms with van der Waals surface area (Å²) in [6, 6.07) is -2.21. The zero-order valence-electron chi connectivity index (χ0n) is 13.1. The number of rotatable bonds is 4. The van der Waals surface area contributed by atoms with Crippen LogP contribution in [-0.2, 0) is 29.3 Å². The Hall–Kier alpha value is -1.48. The molecule has 3 saturated heterocycles. The van der Waals surface area contributed by atoms with Crippen LogP contribution in [0.4, 0.5) is 4.79 Å². The van der Waals surface area contributed by atoms with Gasteiger partial charge in [0, 0.05) is 19.6 Å². The molecule has 14 heteroatoms. The number of fused-ring (bicyclic) bond motifs is 2. The van der Waals surface area contributed by atoms with Gasteiger partial charge in [-0.1, -0.05) is 0 Å². The van der Waals surface area contributed by atoms with Gasteiger partial charge in [0.1, 0.15) is 6.04 Å². The molecule has 0 aromatic carbocycles. The predicted molar refractivity (Wildman–Crippen MR) is 81.8 cm³/mol. The second-order valence-corrected chi connectivity index (χ2v) is 9.43. The smallest absolute Gasteiger partial charge is 0.309 e. The minimum absolute atomic E-state index is 0.0569. The number of hydrogen-bond donors (Lipinski definition) is 2. The van der Waals surface area contributed by atoms with Gasteiger partial charge in [0.15, 0.2) is 9.84 Å². The SMILES string of the molecule is O=C(NN1CCS(=O)(=O)CC1)C1CCC2CN1C(=O)N2OS(=O)(=O)O. The first-order valence-corrected chi connectivity index (χ1v) is 10.8. The number of carbonyl (C=O) groups is 2. The van der Waals surface area contributed by atoms with Crippen molar-refractivity contribution in [2.45, 2.75) is 24.9 Å². The van der Waals surface area contributed by atoms with Crippen molar-refractivity contribution in [2.75, 3.05) is 31.1 Å². The maximum Gasteiger partial charge on any atom is 0.418 e. The number of urea groups is 1. The first kappa shape index (κ1) is 18.3. The molecule has 0 saturated carbocycles. The molecule has 0 aliphatic carbocycles. The summed E-state index contributed by atoms with van der Waals surface area (Å²) in [5.41, 5.74) is 2.60. The molecular weight excluding hydrogens is 380 g/mol. The van der Waals surface area contributed by atoms with Crippen LogP contribution in [0.15, 0.2) is 0 Å². The van der Waals surface area contributed by atoms with Crippen LogP contribution in [0.2, 0.25) is 0 Å². The van der Waals surface area contributed by atoms with Gasteiger partial charge in [-0.2, -0.15) is 13.5 Å². The highest BCUT2D eigenvalue weighted by molar-refractivity contribution is 7.91. The monoisotopic (exact) mass is 398 g/mol. The second-order valence-electron chi connectivity index (χ2n) is 6.12. The van der Waals surface area contributed by atoms with Crippen LogP contribution in [0.25, 0.3) is 0 Å². The van der Waals surface area contributed by atoms with Crippen LogP contribution in [0.3, 0.4) is 0 Å². The lowest BCUT2D eigenvalue weighted by atomic mass is 10.0. The average Bonchev–Trinajstić information content (AvgIpc) is 2.73. The standard InChI is InChI=1S/C11H18N4O8S2/c16-10(12-13-3-5-24(18,19)6-4-13)9-2-1-8-7-14(9)11(17)15(8)23-25(20,21)22/h8-9H,1-7H2,(H,12,16)(H,20,21,22). The quantitative estimate of drug-likeness (QED) is 0.500. The minimum Gasteiger partial charge on any atom is -0.309 e. The number of hydrazine groups is 1. The molecule has 3 heterocycles. The van der Waals surface area contributed by atoms with E-state index in [0.717, 1.165) is 0 Å². The van der Waals surface area contributed by atoms with Crippen molar-refractivity contribution in [3.63, 3.8) is 0 Å². The van der Waals surface area contributed by atoms with Crippen molar-refractivity contribution in [1.82, 2.24) is 20.4 Å². The van der Waals surface area contributed by atoms with E-state index in [1.54, 1.807) is 0 Å². The third-order valence-corrected chi connectivity index (χ3v) is 6.37.